The Morgan fingerprint density at radius 1 is 0.826 bits per heavy atom. The van der Waals surface area contributed by atoms with E-state index >= 15 is 0 Å². The second kappa shape index (κ2) is 5.23. The minimum atomic E-state index is -0.426. The van der Waals surface area contributed by atoms with Gasteiger partial charge in [-0.15, -0.1) is 0 Å². The highest BCUT2D eigenvalue weighted by Gasteiger charge is 2.41. The number of rotatable bonds is 2. The van der Waals surface area contributed by atoms with Crippen LogP contribution in [0.3, 0.4) is 0 Å². The maximum Gasteiger partial charge on any atom is 0.146 e. The average Bonchev–Trinajstić information content (AvgIpc) is 2.90. The van der Waals surface area contributed by atoms with Gasteiger partial charge in [0.05, 0.1) is 0 Å². The molecule has 0 aromatic heterocycles. The van der Waals surface area contributed by atoms with E-state index in [0.717, 1.165) is 22.4 Å². The second-order valence-electron chi connectivity index (χ2n) is 5.98. The quantitative estimate of drug-likeness (QED) is 0.559. The molecule has 0 fully saturated rings. The molecule has 0 spiro atoms. The maximum absolute atomic E-state index is 13.9. The number of quaternary nitrogens is 1. The Balaban J connectivity index is 1.91. The first-order valence-corrected chi connectivity index (χ1v) is 7.69. The number of hydrogen-bond acceptors (Lipinski definition) is 2. The molecule has 1 aliphatic rings. The zero-order chi connectivity index (χ0) is 15.9. The first-order valence-electron chi connectivity index (χ1n) is 7.69. The number of hydroxylamine groups is 2. The van der Waals surface area contributed by atoms with E-state index in [1.165, 1.54) is 0 Å². The molecule has 4 rings (SSSR count). The number of benzene rings is 3. The van der Waals surface area contributed by atoms with Crippen LogP contribution in [0.5, 0.6) is 5.75 Å². The van der Waals surface area contributed by atoms with Crippen LogP contribution in [0.1, 0.15) is 22.7 Å². The third-order valence-corrected chi connectivity index (χ3v) is 4.57. The van der Waals surface area contributed by atoms with Gasteiger partial charge in [-0.25, -0.2) is 0 Å². The number of hydrogen-bond donors (Lipinski definition) is 1. The molecule has 3 aromatic carbocycles. The van der Waals surface area contributed by atoms with E-state index in [1.807, 2.05) is 66.7 Å². The molecule has 0 bridgehead atoms. The van der Waals surface area contributed by atoms with E-state index < -0.39 is 4.65 Å². The molecule has 1 N–H and O–H groups in total. The van der Waals surface area contributed by atoms with Gasteiger partial charge in [-0.3, -0.25) is 0 Å². The Hall–Kier alpha value is -2.62. The van der Waals surface area contributed by atoms with Gasteiger partial charge in [-0.2, -0.15) is 0 Å². The Kier molecular flexibility index (Phi) is 3.18. The Morgan fingerprint density at radius 3 is 2.22 bits per heavy atom. The Labute approximate surface area is 135 Å². The molecule has 2 unspecified atom stereocenters. The molecule has 0 aliphatic carbocycles. The third-order valence-electron chi connectivity index (χ3n) is 4.57. The van der Waals surface area contributed by atoms with Crippen LogP contribution >= 0.6 is 0 Å². The van der Waals surface area contributed by atoms with Crippen molar-refractivity contribution in [1.82, 2.24) is 4.65 Å². The number of nitrogens with zero attached hydrogens (tertiary/aromatic N) is 1. The molecule has 2 atom stereocenters. The number of phenolic OH excluding ortho intramolecular Hbond substituents is 1. The van der Waals surface area contributed by atoms with Crippen LogP contribution in [0.4, 0.5) is 5.69 Å². The molecule has 0 radical (unpaired) electrons. The first-order chi connectivity index (χ1) is 11.2. The summed E-state index contributed by atoms with van der Waals surface area (Å²) in [5, 5.41) is 23.4. The lowest BCUT2D eigenvalue weighted by Gasteiger charge is -2.44. The molecular weight excluding hydrogens is 286 g/mol. The predicted octanol–water partition coefficient (Wildman–Crippen LogP) is 4.50. The zero-order valence-corrected chi connectivity index (χ0v) is 12.6. The molecule has 23 heavy (non-hydrogen) atoms. The average molecular weight is 303 g/mol. The van der Waals surface area contributed by atoms with E-state index in [1.54, 1.807) is 12.1 Å². The standard InChI is InChI=1S/C20H17NO2/c22-18-12-10-15(11-13-18)20-19-9-5-4-6-16(19)14-21(20,23)17-7-2-1-3-8-17/h1-13,20,22H,14H2. The van der Waals surface area contributed by atoms with Crippen LogP contribution in [0.25, 0.3) is 0 Å². The van der Waals surface area contributed by atoms with E-state index in [4.69, 9.17) is 0 Å². The molecule has 1 heterocycles. The SMILES string of the molecule is [O-][N+]1(c2ccccc2)Cc2ccccc2C1c1ccc(O)cc1. The second-order valence-corrected chi connectivity index (χ2v) is 5.98. The van der Waals surface area contributed by atoms with Crippen LogP contribution in [-0.4, -0.2) is 5.11 Å². The number of phenols is 1. The summed E-state index contributed by atoms with van der Waals surface area (Å²) in [7, 11) is 0. The number of aromatic hydroxyl groups is 1. The number of fused-ring (bicyclic) bond motifs is 1. The largest absolute Gasteiger partial charge is 0.626 e. The van der Waals surface area contributed by atoms with Crippen LogP contribution in [0.2, 0.25) is 0 Å². The third kappa shape index (κ3) is 2.22. The summed E-state index contributed by atoms with van der Waals surface area (Å²) in [4.78, 5) is 0. The van der Waals surface area contributed by atoms with Gasteiger partial charge in [0, 0.05) is 16.7 Å². The van der Waals surface area contributed by atoms with Crippen molar-refractivity contribution in [3.05, 3.63) is 101 Å². The number of para-hydroxylation sites is 1. The first kappa shape index (κ1) is 14.0. The van der Waals surface area contributed by atoms with Gasteiger partial charge in [0.15, 0.2) is 0 Å². The van der Waals surface area contributed by atoms with Crippen molar-refractivity contribution in [3.63, 3.8) is 0 Å². The fourth-order valence-corrected chi connectivity index (χ4v) is 3.51. The van der Waals surface area contributed by atoms with Gasteiger partial charge in [0.25, 0.3) is 0 Å². The topological polar surface area (TPSA) is 43.3 Å². The smallest absolute Gasteiger partial charge is 0.146 e. The minimum Gasteiger partial charge on any atom is -0.626 e. The van der Waals surface area contributed by atoms with Crippen LogP contribution in [0.15, 0.2) is 78.9 Å². The van der Waals surface area contributed by atoms with Crippen LogP contribution in [0, 0.1) is 5.21 Å². The highest BCUT2D eigenvalue weighted by Crippen LogP contribution is 2.47. The van der Waals surface area contributed by atoms with Crippen LogP contribution in [-0.2, 0) is 6.54 Å². The van der Waals surface area contributed by atoms with Crippen molar-refractivity contribution in [1.29, 1.82) is 0 Å². The molecule has 114 valence electrons. The molecule has 0 amide bonds. The lowest BCUT2D eigenvalue weighted by atomic mass is 9.97. The molecule has 3 heteroatoms. The lowest BCUT2D eigenvalue weighted by molar-refractivity contribution is 0.340. The highest BCUT2D eigenvalue weighted by atomic mass is 16.5. The summed E-state index contributed by atoms with van der Waals surface area (Å²) in [6.45, 7) is 0.422. The lowest BCUT2D eigenvalue weighted by Crippen LogP contribution is -2.41. The highest BCUT2D eigenvalue weighted by molar-refractivity contribution is 5.55. The monoisotopic (exact) mass is 303 g/mol. The summed E-state index contributed by atoms with van der Waals surface area (Å²) in [5.41, 5.74) is 3.83. The van der Waals surface area contributed by atoms with E-state index in [9.17, 15) is 10.3 Å². The van der Waals surface area contributed by atoms with Crippen molar-refractivity contribution >= 4 is 5.69 Å². The fourth-order valence-electron chi connectivity index (χ4n) is 3.51. The van der Waals surface area contributed by atoms with E-state index in [2.05, 4.69) is 0 Å². The molecule has 0 saturated carbocycles. The zero-order valence-electron chi connectivity index (χ0n) is 12.6. The molecule has 3 nitrogen and oxygen atoms in total. The fraction of sp³-hybridized carbons (Fsp3) is 0.100. The summed E-state index contributed by atoms with van der Waals surface area (Å²) in [6, 6.07) is 24.2. The van der Waals surface area contributed by atoms with E-state index in [0.29, 0.717) is 6.54 Å². The normalized spacial score (nSPS) is 22.7. The van der Waals surface area contributed by atoms with Gasteiger partial charge in [0.2, 0.25) is 0 Å². The maximum atomic E-state index is 13.9. The molecular formula is C20H17NO2. The van der Waals surface area contributed by atoms with Gasteiger partial charge in [0.1, 0.15) is 24.0 Å². The molecule has 0 saturated heterocycles. The summed E-state index contributed by atoms with van der Waals surface area (Å²) in [5.74, 6) is 0.212. The van der Waals surface area contributed by atoms with Crippen molar-refractivity contribution in [2.24, 2.45) is 0 Å². The van der Waals surface area contributed by atoms with Gasteiger partial charge < -0.3 is 15.0 Å². The van der Waals surface area contributed by atoms with Crippen LogP contribution < -0.4 is 4.65 Å². The van der Waals surface area contributed by atoms with Crippen molar-refractivity contribution in [3.8, 4) is 5.75 Å². The van der Waals surface area contributed by atoms with Crippen molar-refractivity contribution < 1.29 is 5.11 Å². The van der Waals surface area contributed by atoms with E-state index in [-0.39, 0.29) is 11.8 Å². The van der Waals surface area contributed by atoms with Gasteiger partial charge in [-0.05, 0) is 36.4 Å². The minimum absolute atomic E-state index is 0.212. The molecule has 3 aromatic rings. The Bertz CT molecular complexity index is 830. The van der Waals surface area contributed by atoms with Crippen molar-refractivity contribution in [2.75, 3.05) is 0 Å². The summed E-state index contributed by atoms with van der Waals surface area (Å²) < 4.78 is -0.426. The molecule has 1 aliphatic heterocycles. The Morgan fingerprint density at radius 2 is 1.48 bits per heavy atom. The predicted molar refractivity (Wildman–Crippen MR) is 91.7 cm³/mol. The van der Waals surface area contributed by atoms with Gasteiger partial charge >= 0.3 is 0 Å². The summed E-state index contributed by atoms with van der Waals surface area (Å²) in [6.07, 6.45) is 0. The van der Waals surface area contributed by atoms with Gasteiger partial charge in [-0.1, -0.05) is 42.5 Å². The van der Waals surface area contributed by atoms with Crippen molar-refractivity contribution in [2.45, 2.75) is 12.6 Å². The summed E-state index contributed by atoms with van der Waals surface area (Å²) >= 11 is 0.